The van der Waals surface area contributed by atoms with Crippen molar-refractivity contribution in [3.63, 3.8) is 0 Å². The Morgan fingerprint density at radius 1 is 1.04 bits per heavy atom. The van der Waals surface area contributed by atoms with Gasteiger partial charge in [-0.25, -0.2) is 0 Å². The largest absolute Gasteiger partial charge is 0.330 e. The smallest absolute Gasteiger partial charge is 0.0828 e. The number of aryl methyl sites for hydroxylation is 3. The van der Waals surface area contributed by atoms with E-state index in [1.807, 2.05) is 0 Å². The number of hydrazone groups is 1. The van der Waals surface area contributed by atoms with Gasteiger partial charge >= 0.3 is 0 Å². The number of nitrogens with two attached hydrogens (primary N) is 1. The molecule has 23 heavy (non-hydrogen) atoms. The van der Waals surface area contributed by atoms with Crippen LogP contribution in [0.1, 0.15) is 41.1 Å². The van der Waals surface area contributed by atoms with E-state index >= 15 is 0 Å². The number of hydrogen-bond donors (Lipinski definition) is 1. The van der Waals surface area contributed by atoms with Crippen LogP contribution in [0.25, 0.3) is 0 Å². The summed E-state index contributed by atoms with van der Waals surface area (Å²) in [5.74, 6) is 0. The van der Waals surface area contributed by atoms with Crippen molar-refractivity contribution in [2.24, 2.45) is 10.8 Å². The fraction of sp³-hybridized carbons (Fsp3) is 0.350. The predicted molar refractivity (Wildman–Crippen MR) is 98.0 cm³/mol. The van der Waals surface area contributed by atoms with Crippen LogP contribution in [0.15, 0.2) is 47.6 Å². The second kappa shape index (κ2) is 6.55. The molecule has 3 nitrogen and oxygen atoms in total. The van der Waals surface area contributed by atoms with Crippen molar-refractivity contribution in [3.8, 4) is 0 Å². The Bertz CT molecular complexity index is 716. The molecule has 3 rings (SSSR count). The third-order valence-electron chi connectivity index (χ3n) is 4.48. The lowest BCUT2D eigenvalue weighted by atomic mass is 9.98. The highest BCUT2D eigenvalue weighted by molar-refractivity contribution is 5.89. The van der Waals surface area contributed by atoms with Crippen LogP contribution >= 0.6 is 0 Å². The summed E-state index contributed by atoms with van der Waals surface area (Å²) in [5.41, 5.74) is 13.3. The molecule has 2 aromatic rings. The second-order valence-corrected chi connectivity index (χ2v) is 6.47. The van der Waals surface area contributed by atoms with Gasteiger partial charge in [0.25, 0.3) is 0 Å². The third-order valence-corrected chi connectivity index (χ3v) is 4.48. The first-order valence-electron chi connectivity index (χ1n) is 8.28. The van der Waals surface area contributed by atoms with Crippen molar-refractivity contribution < 1.29 is 0 Å². The van der Waals surface area contributed by atoms with Gasteiger partial charge in [-0.15, -0.1) is 0 Å². The summed E-state index contributed by atoms with van der Waals surface area (Å²) in [6, 6.07) is 15.6. The van der Waals surface area contributed by atoms with Crippen LogP contribution in [0.5, 0.6) is 0 Å². The number of nitrogens with zero attached hydrogens (tertiary/aromatic N) is 2. The van der Waals surface area contributed by atoms with E-state index in [0.29, 0.717) is 6.54 Å². The van der Waals surface area contributed by atoms with Crippen molar-refractivity contribution in [1.82, 2.24) is 0 Å². The van der Waals surface area contributed by atoms with Crippen LogP contribution in [0.3, 0.4) is 0 Å². The van der Waals surface area contributed by atoms with Crippen molar-refractivity contribution >= 4 is 11.4 Å². The SMILES string of the molecule is Cc1ccc(C2CC(CCN)=NN2c2cc(C)ccc2C)cc1. The maximum Gasteiger partial charge on any atom is 0.0828 e. The van der Waals surface area contributed by atoms with Gasteiger partial charge in [0.05, 0.1) is 11.7 Å². The first-order valence-corrected chi connectivity index (χ1v) is 8.28. The van der Waals surface area contributed by atoms with Gasteiger partial charge < -0.3 is 5.73 Å². The quantitative estimate of drug-likeness (QED) is 0.916. The molecule has 0 amide bonds. The number of benzene rings is 2. The summed E-state index contributed by atoms with van der Waals surface area (Å²) in [6.45, 7) is 7.05. The van der Waals surface area contributed by atoms with E-state index in [-0.39, 0.29) is 6.04 Å². The van der Waals surface area contributed by atoms with Gasteiger partial charge in [0, 0.05) is 12.1 Å². The van der Waals surface area contributed by atoms with Gasteiger partial charge in [0.1, 0.15) is 0 Å². The maximum atomic E-state index is 5.75. The van der Waals surface area contributed by atoms with Crippen LogP contribution in [-0.2, 0) is 0 Å². The zero-order valence-electron chi connectivity index (χ0n) is 14.2. The van der Waals surface area contributed by atoms with Crippen molar-refractivity contribution in [3.05, 3.63) is 64.7 Å². The van der Waals surface area contributed by atoms with Crippen LogP contribution < -0.4 is 10.7 Å². The van der Waals surface area contributed by atoms with E-state index < -0.39 is 0 Å². The molecule has 1 aliphatic heterocycles. The standard InChI is InChI=1S/C20H25N3/c1-14-5-8-17(9-6-14)20-13-18(10-11-21)22-23(20)19-12-15(2)4-7-16(19)3/h4-9,12,20H,10-11,13,21H2,1-3H3. The average Bonchev–Trinajstić information content (AvgIpc) is 2.94. The lowest BCUT2D eigenvalue weighted by molar-refractivity contribution is 0.705. The van der Waals surface area contributed by atoms with E-state index in [2.05, 4.69) is 68.2 Å². The molecular formula is C20H25N3. The van der Waals surface area contributed by atoms with Crippen molar-refractivity contribution in [2.75, 3.05) is 11.6 Å². The highest BCUT2D eigenvalue weighted by atomic mass is 15.5. The van der Waals surface area contributed by atoms with E-state index in [1.165, 1.54) is 33.7 Å². The summed E-state index contributed by atoms with van der Waals surface area (Å²) in [4.78, 5) is 0. The highest BCUT2D eigenvalue weighted by Gasteiger charge is 2.29. The normalized spacial score (nSPS) is 17.5. The van der Waals surface area contributed by atoms with Gasteiger partial charge in [-0.3, -0.25) is 5.01 Å². The summed E-state index contributed by atoms with van der Waals surface area (Å²) in [6.07, 6.45) is 1.82. The lowest BCUT2D eigenvalue weighted by Gasteiger charge is -2.26. The minimum Gasteiger partial charge on any atom is -0.330 e. The Morgan fingerprint density at radius 3 is 2.43 bits per heavy atom. The number of hydrogen-bond acceptors (Lipinski definition) is 3. The molecule has 2 N–H and O–H groups in total. The van der Waals surface area contributed by atoms with Crippen LogP contribution in [0.4, 0.5) is 5.69 Å². The van der Waals surface area contributed by atoms with E-state index in [0.717, 1.165) is 12.8 Å². The predicted octanol–water partition coefficient (Wildman–Crippen LogP) is 4.27. The van der Waals surface area contributed by atoms with Crippen molar-refractivity contribution in [2.45, 2.75) is 39.7 Å². The Kier molecular flexibility index (Phi) is 4.49. The van der Waals surface area contributed by atoms with Gasteiger partial charge in [0.15, 0.2) is 0 Å². The Hall–Kier alpha value is -2.13. The molecule has 0 fully saturated rings. The highest BCUT2D eigenvalue weighted by Crippen LogP contribution is 2.37. The molecule has 0 aromatic heterocycles. The summed E-state index contributed by atoms with van der Waals surface area (Å²) in [5, 5.41) is 7.09. The minimum absolute atomic E-state index is 0.262. The van der Waals surface area contributed by atoms with E-state index in [4.69, 9.17) is 10.8 Å². The monoisotopic (exact) mass is 307 g/mol. The molecule has 1 heterocycles. The molecule has 0 spiro atoms. The molecule has 0 radical (unpaired) electrons. The Morgan fingerprint density at radius 2 is 1.74 bits per heavy atom. The van der Waals surface area contributed by atoms with Crippen LogP contribution in [-0.4, -0.2) is 12.3 Å². The third kappa shape index (κ3) is 3.30. The topological polar surface area (TPSA) is 41.6 Å². The van der Waals surface area contributed by atoms with Crippen molar-refractivity contribution in [1.29, 1.82) is 0 Å². The first-order chi connectivity index (χ1) is 11.1. The molecule has 1 atom stereocenters. The Balaban J connectivity index is 2.01. The molecule has 0 aliphatic carbocycles. The first kappa shape index (κ1) is 15.8. The average molecular weight is 307 g/mol. The zero-order chi connectivity index (χ0) is 16.4. The fourth-order valence-corrected chi connectivity index (χ4v) is 3.13. The van der Waals surface area contributed by atoms with Gasteiger partial charge in [-0.05, 0) is 56.5 Å². The van der Waals surface area contributed by atoms with Gasteiger partial charge in [-0.2, -0.15) is 5.10 Å². The lowest BCUT2D eigenvalue weighted by Crippen LogP contribution is -2.19. The van der Waals surface area contributed by atoms with E-state index in [9.17, 15) is 0 Å². The number of anilines is 1. The molecule has 1 aliphatic rings. The Labute approximate surface area is 138 Å². The molecule has 0 saturated heterocycles. The summed E-state index contributed by atoms with van der Waals surface area (Å²) >= 11 is 0. The number of rotatable bonds is 4. The van der Waals surface area contributed by atoms with Gasteiger partial charge in [0.2, 0.25) is 0 Å². The minimum atomic E-state index is 0.262. The molecule has 0 saturated carbocycles. The zero-order valence-corrected chi connectivity index (χ0v) is 14.2. The molecule has 1 unspecified atom stereocenters. The summed E-state index contributed by atoms with van der Waals surface area (Å²) < 4.78 is 0. The fourth-order valence-electron chi connectivity index (χ4n) is 3.13. The van der Waals surface area contributed by atoms with Crippen LogP contribution in [0, 0.1) is 20.8 Å². The molecular weight excluding hydrogens is 282 g/mol. The second-order valence-electron chi connectivity index (χ2n) is 6.47. The summed E-state index contributed by atoms with van der Waals surface area (Å²) in [7, 11) is 0. The molecule has 2 aromatic carbocycles. The maximum absolute atomic E-state index is 5.75. The molecule has 120 valence electrons. The molecule has 0 bridgehead atoms. The van der Waals surface area contributed by atoms with E-state index in [1.54, 1.807) is 0 Å². The molecule has 3 heteroatoms. The van der Waals surface area contributed by atoms with Gasteiger partial charge in [-0.1, -0.05) is 42.0 Å². The van der Waals surface area contributed by atoms with Crippen LogP contribution in [0.2, 0.25) is 0 Å².